The van der Waals surface area contributed by atoms with E-state index in [1.165, 1.54) is 0 Å². The number of nitrogens with zero attached hydrogens (tertiary/aromatic N) is 1. The number of alkyl halides is 2. The lowest BCUT2D eigenvalue weighted by Crippen LogP contribution is -2.66. The fourth-order valence-electron chi connectivity index (χ4n) is 3.15. The molecular weight excluding hydrogens is 308 g/mol. The maximum atomic E-state index is 13.4. The third kappa shape index (κ3) is 5.01. The molecule has 23 heavy (non-hydrogen) atoms. The van der Waals surface area contributed by atoms with E-state index < -0.39 is 18.1 Å². The van der Waals surface area contributed by atoms with E-state index in [2.05, 4.69) is 0 Å². The van der Waals surface area contributed by atoms with Crippen molar-refractivity contribution in [2.75, 3.05) is 26.3 Å². The minimum Gasteiger partial charge on any atom is -0.444 e. The van der Waals surface area contributed by atoms with E-state index >= 15 is 0 Å². The van der Waals surface area contributed by atoms with Crippen LogP contribution < -0.4 is 0 Å². The van der Waals surface area contributed by atoms with Crippen molar-refractivity contribution in [1.82, 2.24) is 4.90 Å². The Balaban J connectivity index is 1.64. The molecule has 2 fully saturated rings. The lowest BCUT2D eigenvalue weighted by Gasteiger charge is -2.58. The molecule has 0 bridgehead atoms. The SMILES string of the molecule is CC(C)(C)OC(=O)N1CC2(CC(OCC(F)(F)CCCO)C2)C1. The van der Waals surface area contributed by atoms with Crippen LogP contribution in [0.1, 0.15) is 46.5 Å². The quantitative estimate of drug-likeness (QED) is 0.811. The second-order valence-corrected chi connectivity index (χ2v) is 7.86. The molecule has 5 nitrogen and oxygen atoms in total. The Labute approximate surface area is 135 Å². The Bertz CT molecular complexity index is 422. The molecule has 0 aromatic carbocycles. The second kappa shape index (κ2) is 6.51. The van der Waals surface area contributed by atoms with Crippen molar-refractivity contribution in [2.24, 2.45) is 5.41 Å². The molecule has 0 radical (unpaired) electrons. The van der Waals surface area contributed by atoms with Gasteiger partial charge in [-0.1, -0.05) is 0 Å². The number of ether oxygens (including phenoxy) is 2. The maximum Gasteiger partial charge on any atom is 0.410 e. The van der Waals surface area contributed by atoms with E-state index in [-0.39, 0.29) is 37.1 Å². The fourth-order valence-corrected chi connectivity index (χ4v) is 3.15. The zero-order valence-electron chi connectivity index (χ0n) is 14.1. The molecule has 134 valence electrons. The summed E-state index contributed by atoms with van der Waals surface area (Å²) in [6, 6.07) is 0. The van der Waals surface area contributed by atoms with Gasteiger partial charge in [0.05, 0.1) is 6.10 Å². The van der Waals surface area contributed by atoms with E-state index in [1.54, 1.807) is 4.90 Å². The van der Waals surface area contributed by atoms with Crippen molar-refractivity contribution in [3.63, 3.8) is 0 Å². The van der Waals surface area contributed by atoms with Crippen LogP contribution in [-0.2, 0) is 9.47 Å². The first-order chi connectivity index (χ1) is 10.5. The van der Waals surface area contributed by atoms with E-state index in [9.17, 15) is 13.6 Å². The summed E-state index contributed by atoms with van der Waals surface area (Å²) in [6.45, 7) is 5.87. The van der Waals surface area contributed by atoms with Gasteiger partial charge in [0.25, 0.3) is 5.92 Å². The fraction of sp³-hybridized carbons (Fsp3) is 0.938. The number of carbonyl (C=O) groups is 1. The molecule has 2 aliphatic rings. The van der Waals surface area contributed by atoms with Crippen LogP contribution in [0.25, 0.3) is 0 Å². The topological polar surface area (TPSA) is 59.0 Å². The van der Waals surface area contributed by atoms with Crippen LogP contribution in [0, 0.1) is 5.41 Å². The summed E-state index contributed by atoms with van der Waals surface area (Å²) >= 11 is 0. The first-order valence-electron chi connectivity index (χ1n) is 8.12. The Morgan fingerprint density at radius 3 is 2.43 bits per heavy atom. The van der Waals surface area contributed by atoms with Crippen molar-refractivity contribution in [3.05, 3.63) is 0 Å². The Morgan fingerprint density at radius 2 is 1.91 bits per heavy atom. The summed E-state index contributed by atoms with van der Waals surface area (Å²) in [4.78, 5) is 13.5. The largest absolute Gasteiger partial charge is 0.444 e. The highest BCUT2D eigenvalue weighted by Crippen LogP contribution is 2.50. The summed E-state index contributed by atoms with van der Waals surface area (Å²) in [7, 11) is 0. The Hall–Kier alpha value is -0.950. The molecule has 1 N–H and O–H groups in total. The Kier molecular flexibility index (Phi) is 5.21. The predicted molar refractivity (Wildman–Crippen MR) is 80.5 cm³/mol. The van der Waals surface area contributed by atoms with Gasteiger partial charge in [-0.3, -0.25) is 0 Å². The van der Waals surface area contributed by atoms with Crippen LogP contribution in [0.3, 0.4) is 0 Å². The van der Waals surface area contributed by atoms with Gasteiger partial charge >= 0.3 is 6.09 Å². The number of hydrogen-bond donors (Lipinski definition) is 1. The number of hydrogen-bond acceptors (Lipinski definition) is 4. The predicted octanol–water partition coefficient (Wildman–Crippen LogP) is 2.81. The first kappa shape index (κ1) is 18.4. The van der Waals surface area contributed by atoms with Crippen LogP contribution in [0.5, 0.6) is 0 Å². The van der Waals surface area contributed by atoms with E-state index in [0.29, 0.717) is 25.9 Å². The summed E-state index contributed by atoms with van der Waals surface area (Å²) in [5.74, 6) is -2.88. The average Bonchev–Trinajstić information content (AvgIpc) is 2.30. The van der Waals surface area contributed by atoms with Crippen molar-refractivity contribution >= 4 is 6.09 Å². The average molecular weight is 335 g/mol. The molecule has 0 atom stereocenters. The minimum atomic E-state index is -2.88. The van der Waals surface area contributed by atoms with E-state index in [0.717, 1.165) is 0 Å². The van der Waals surface area contributed by atoms with E-state index in [1.807, 2.05) is 20.8 Å². The maximum absolute atomic E-state index is 13.4. The molecule has 1 heterocycles. The number of aliphatic hydroxyl groups excluding tert-OH is 1. The van der Waals surface area contributed by atoms with Gasteiger partial charge in [-0.2, -0.15) is 0 Å². The third-order valence-electron chi connectivity index (χ3n) is 4.26. The van der Waals surface area contributed by atoms with Gasteiger partial charge in [0.2, 0.25) is 0 Å². The molecule has 1 saturated heterocycles. The number of amides is 1. The molecule has 1 aliphatic carbocycles. The van der Waals surface area contributed by atoms with Crippen LogP contribution >= 0.6 is 0 Å². The van der Waals surface area contributed by atoms with Crippen LogP contribution in [-0.4, -0.2) is 60.0 Å². The third-order valence-corrected chi connectivity index (χ3v) is 4.26. The number of halogens is 2. The molecular formula is C16H27F2NO4. The molecule has 1 amide bonds. The number of carbonyl (C=O) groups excluding carboxylic acids is 1. The van der Waals surface area contributed by atoms with Gasteiger partial charge in [-0.15, -0.1) is 0 Å². The van der Waals surface area contributed by atoms with Gasteiger partial charge in [0, 0.05) is 31.5 Å². The number of aliphatic hydroxyl groups is 1. The van der Waals surface area contributed by atoms with Gasteiger partial charge in [-0.25, -0.2) is 13.6 Å². The summed E-state index contributed by atoms with van der Waals surface area (Å²) in [6.07, 6.45) is 0.674. The van der Waals surface area contributed by atoms with Crippen molar-refractivity contribution in [2.45, 2.75) is 64.1 Å². The minimum absolute atomic E-state index is 0.0297. The van der Waals surface area contributed by atoms with Gasteiger partial charge in [0.15, 0.2) is 0 Å². The highest BCUT2D eigenvalue weighted by molar-refractivity contribution is 5.69. The summed E-state index contributed by atoms with van der Waals surface area (Å²) in [5.41, 5.74) is -0.479. The second-order valence-electron chi connectivity index (χ2n) is 7.86. The molecule has 1 saturated carbocycles. The first-order valence-corrected chi connectivity index (χ1v) is 8.12. The highest BCUT2D eigenvalue weighted by Gasteiger charge is 2.55. The standard InChI is InChI=1S/C16H27F2NO4/c1-14(2,3)23-13(21)19-9-15(10-19)7-12(8-15)22-11-16(17,18)5-4-6-20/h12,20H,4-11H2,1-3H3. The molecule has 2 rings (SSSR count). The molecule has 1 aliphatic heterocycles. The zero-order chi connectivity index (χ0) is 17.3. The lowest BCUT2D eigenvalue weighted by molar-refractivity contribution is -0.179. The molecule has 0 aromatic rings. The van der Waals surface area contributed by atoms with Gasteiger partial charge < -0.3 is 19.5 Å². The summed E-state index contributed by atoms with van der Waals surface area (Å²) < 4.78 is 37.5. The van der Waals surface area contributed by atoms with Gasteiger partial charge in [0.1, 0.15) is 12.2 Å². The van der Waals surface area contributed by atoms with Crippen LogP contribution in [0.4, 0.5) is 13.6 Å². The smallest absolute Gasteiger partial charge is 0.410 e. The molecule has 0 unspecified atom stereocenters. The number of rotatable bonds is 6. The van der Waals surface area contributed by atoms with Crippen molar-refractivity contribution in [1.29, 1.82) is 0 Å². The Morgan fingerprint density at radius 1 is 1.30 bits per heavy atom. The molecule has 1 spiro atoms. The molecule has 0 aromatic heterocycles. The number of likely N-dealkylation sites (tertiary alicyclic amines) is 1. The van der Waals surface area contributed by atoms with Crippen LogP contribution in [0.15, 0.2) is 0 Å². The summed E-state index contributed by atoms with van der Waals surface area (Å²) in [5, 5.41) is 8.60. The van der Waals surface area contributed by atoms with E-state index in [4.69, 9.17) is 14.6 Å². The molecule has 7 heteroatoms. The van der Waals surface area contributed by atoms with Crippen LogP contribution in [0.2, 0.25) is 0 Å². The van der Waals surface area contributed by atoms with Gasteiger partial charge in [-0.05, 0) is 40.0 Å². The normalized spacial score (nSPS) is 21.0. The zero-order valence-corrected chi connectivity index (χ0v) is 14.1. The van der Waals surface area contributed by atoms with Crippen molar-refractivity contribution < 1.29 is 28.2 Å². The lowest BCUT2D eigenvalue weighted by atomic mass is 9.62. The van der Waals surface area contributed by atoms with Crippen molar-refractivity contribution in [3.8, 4) is 0 Å². The monoisotopic (exact) mass is 335 g/mol. The highest BCUT2D eigenvalue weighted by atomic mass is 19.3.